The molecule has 1 aromatic carbocycles. The number of nitrogens with zero attached hydrogens (tertiary/aromatic N) is 4. The van der Waals surface area contributed by atoms with E-state index in [1.165, 1.54) is 6.92 Å². The summed E-state index contributed by atoms with van der Waals surface area (Å²) in [6.45, 7) is 1.40. The Morgan fingerprint density at radius 1 is 1.16 bits per heavy atom. The predicted octanol–water partition coefficient (Wildman–Crippen LogP) is 1.37. The fourth-order valence-corrected chi connectivity index (χ4v) is 1.66. The van der Waals surface area contributed by atoms with Gasteiger partial charge in [-0.1, -0.05) is 30.3 Å². The lowest BCUT2D eigenvalue weighted by molar-refractivity contribution is -0.114. The highest BCUT2D eigenvalue weighted by Crippen LogP contribution is 2.16. The summed E-state index contributed by atoms with van der Waals surface area (Å²) in [4.78, 5) is 22.2. The van der Waals surface area contributed by atoms with E-state index in [1.54, 1.807) is 0 Å². The summed E-state index contributed by atoms with van der Waals surface area (Å²) in [6.07, 6.45) is 0. The molecule has 0 saturated carbocycles. The van der Waals surface area contributed by atoms with Crippen molar-refractivity contribution >= 4 is 23.1 Å². The minimum Gasteiger partial charge on any atom is -0.306 e. The number of nitrogens with one attached hydrogen (secondary N) is 2. The topological polar surface area (TPSA) is 96.5 Å². The molecular weight excluding hydrogens is 244 g/mol. The van der Waals surface area contributed by atoms with Gasteiger partial charge in [0.1, 0.15) is 0 Å². The van der Waals surface area contributed by atoms with Crippen LogP contribution in [0.2, 0.25) is 0 Å². The van der Waals surface area contributed by atoms with Gasteiger partial charge in [0.15, 0.2) is 5.82 Å². The maximum atomic E-state index is 11.0. The summed E-state index contributed by atoms with van der Waals surface area (Å²) >= 11 is 0. The van der Waals surface area contributed by atoms with Crippen LogP contribution < -0.4 is 5.32 Å². The Hall–Kier alpha value is -2.83. The fourth-order valence-electron chi connectivity index (χ4n) is 1.66. The number of amides is 1. The molecule has 0 spiro atoms. The molecule has 19 heavy (non-hydrogen) atoms. The first-order valence-electron chi connectivity index (χ1n) is 5.66. The van der Waals surface area contributed by atoms with Gasteiger partial charge in [-0.15, -0.1) is 10.2 Å². The standard InChI is InChI=1S/C12H10N6O/c1-7(19)13-12-15-10-11(16-12)18-17-9(14-10)8-5-3-2-4-6-8/h2-6H,1H3,(H2,13,14,15,16,17,18,19). The largest absolute Gasteiger partial charge is 0.306 e. The summed E-state index contributed by atoms with van der Waals surface area (Å²) in [5, 5.41) is 10.6. The van der Waals surface area contributed by atoms with Crippen LogP contribution in [0, 0.1) is 0 Å². The van der Waals surface area contributed by atoms with Crippen molar-refractivity contribution in [3.8, 4) is 11.4 Å². The molecule has 7 heteroatoms. The van der Waals surface area contributed by atoms with E-state index in [9.17, 15) is 4.79 Å². The zero-order chi connectivity index (χ0) is 13.2. The Balaban J connectivity index is 2.03. The molecule has 0 saturated heterocycles. The molecule has 2 heterocycles. The predicted molar refractivity (Wildman–Crippen MR) is 69.2 cm³/mol. The van der Waals surface area contributed by atoms with Crippen molar-refractivity contribution in [3.63, 3.8) is 0 Å². The molecule has 3 rings (SSSR count). The molecule has 7 nitrogen and oxygen atoms in total. The molecule has 0 atom stereocenters. The number of benzene rings is 1. The molecule has 2 N–H and O–H groups in total. The molecule has 0 bridgehead atoms. The molecule has 0 radical (unpaired) electrons. The number of carbonyl (C=O) groups excluding carboxylic acids is 1. The first-order chi connectivity index (χ1) is 9.22. The van der Waals surface area contributed by atoms with Crippen LogP contribution in [0.1, 0.15) is 6.92 Å². The summed E-state index contributed by atoms with van der Waals surface area (Å²) in [6, 6.07) is 9.50. The van der Waals surface area contributed by atoms with Crippen LogP contribution in [0.25, 0.3) is 22.7 Å². The number of imidazole rings is 1. The molecular formula is C12H10N6O. The molecule has 1 amide bonds. The third-order valence-electron chi connectivity index (χ3n) is 2.45. The number of aromatic nitrogens is 5. The van der Waals surface area contributed by atoms with Crippen LogP contribution in [0.3, 0.4) is 0 Å². The van der Waals surface area contributed by atoms with E-state index >= 15 is 0 Å². The van der Waals surface area contributed by atoms with Crippen LogP contribution in [0.5, 0.6) is 0 Å². The van der Waals surface area contributed by atoms with Gasteiger partial charge in [-0.05, 0) is 0 Å². The molecule has 0 fully saturated rings. The smallest absolute Gasteiger partial charge is 0.223 e. The van der Waals surface area contributed by atoms with Crippen molar-refractivity contribution in [3.05, 3.63) is 30.3 Å². The number of aromatic amines is 1. The highest BCUT2D eigenvalue weighted by Gasteiger charge is 2.09. The molecule has 0 aliphatic carbocycles. The number of hydrogen-bond acceptors (Lipinski definition) is 5. The van der Waals surface area contributed by atoms with Gasteiger partial charge < -0.3 is 4.98 Å². The minimum atomic E-state index is -0.213. The Morgan fingerprint density at radius 2 is 1.95 bits per heavy atom. The van der Waals surface area contributed by atoms with Crippen LogP contribution in [0.15, 0.2) is 30.3 Å². The molecule has 0 aliphatic heterocycles. The Bertz CT molecular complexity index is 736. The number of anilines is 1. The van der Waals surface area contributed by atoms with Crippen LogP contribution in [-0.4, -0.2) is 31.1 Å². The summed E-state index contributed by atoms with van der Waals surface area (Å²) in [7, 11) is 0. The quantitative estimate of drug-likeness (QED) is 0.720. The second-order valence-electron chi connectivity index (χ2n) is 3.94. The van der Waals surface area contributed by atoms with Gasteiger partial charge in [0.05, 0.1) is 0 Å². The van der Waals surface area contributed by atoms with Gasteiger partial charge in [-0.3, -0.25) is 10.1 Å². The zero-order valence-electron chi connectivity index (χ0n) is 10.1. The fraction of sp³-hybridized carbons (Fsp3) is 0.0833. The van der Waals surface area contributed by atoms with E-state index in [0.29, 0.717) is 23.1 Å². The monoisotopic (exact) mass is 254 g/mol. The lowest BCUT2D eigenvalue weighted by Gasteiger charge is -1.96. The maximum absolute atomic E-state index is 11.0. The average molecular weight is 254 g/mol. The van der Waals surface area contributed by atoms with Crippen LogP contribution in [0.4, 0.5) is 5.95 Å². The van der Waals surface area contributed by atoms with Gasteiger partial charge in [-0.2, -0.15) is 4.98 Å². The summed E-state index contributed by atoms with van der Waals surface area (Å²) in [5.74, 6) is 0.596. The number of H-pyrrole nitrogens is 1. The Morgan fingerprint density at radius 3 is 2.68 bits per heavy atom. The second-order valence-corrected chi connectivity index (χ2v) is 3.94. The number of carbonyl (C=O) groups is 1. The van der Waals surface area contributed by atoms with E-state index < -0.39 is 0 Å². The third-order valence-corrected chi connectivity index (χ3v) is 2.45. The zero-order valence-corrected chi connectivity index (χ0v) is 10.1. The normalized spacial score (nSPS) is 10.6. The first-order valence-corrected chi connectivity index (χ1v) is 5.66. The molecule has 3 aromatic rings. The van der Waals surface area contributed by atoms with Gasteiger partial charge in [-0.25, -0.2) is 4.98 Å². The van der Waals surface area contributed by atoms with Crippen molar-refractivity contribution in [1.82, 2.24) is 25.1 Å². The van der Waals surface area contributed by atoms with Crippen LogP contribution in [-0.2, 0) is 4.79 Å². The van der Waals surface area contributed by atoms with Crippen LogP contribution >= 0.6 is 0 Å². The molecule has 2 aromatic heterocycles. The van der Waals surface area contributed by atoms with E-state index in [-0.39, 0.29) is 5.91 Å². The minimum absolute atomic E-state index is 0.213. The maximum Gasteiger partial charge on any atom is 0.223 e. The molecule has 0 aliphatic rings. The summed E-state index contributed by atoms with van der Waals surface area (Å²) < 4.78 is 0. The van der Waals surface area contributed by atoms with Crippen molar-refractivity contribution in [2.45, 2.75) is 6.92 Å². The van der Waals surface area contributed by atoms with Crippen molar-refractivity contribution in [2.75, 3.05) is 5.32 Å². The first kappa shape index (κ1) is 11.3. The lowest BCUT2D eigenvalue weighted by atomic mass is 10.2. The number of rotatable bonds is 2. The molecule has 0 unspecified atom stereocenters. The highest BCUT2D eigenvalue weighted by atomic mass is 16.1. The SMILES string of the molecule is CC(=O)Nc1nc2nc(-c3ccccc3)nnc2[nH]1. The van der Waals surface area contributed by atoms with Crippen molar-refractivity contribution in [1.29, 1.82) is 0 Å². The average Bonchev–Trinajstić information content (AvgIpc) is 2.79. The van der Waals surface area contributed by atoms with Gasteiger partial charge in [0, 0.05) is 12.5 Å². The number of fused-ring (bicyclic) bond motifs is 1. The summed E-state index contributed by atoms with van der Waals surface area (Å²) in [5.41, 5.74) is 1.71. The van der Waals surface area contributed by atoms with Gasteiger partial charge in [0.2, 0.25) is 23.1 Å². The van der Waals surface area contributed by atoms with Crippen molar-refractivity contribution in [2.24, 2.45) is 0 Å². The Kier molecular flexibility index (Phi) is 2.64. The van der Waals surface area contributed by atoms with E-state index in [4.69, 9.17) is 0 Å². The van der Waals surface area contributed by atoms with E-state index in [0.717, 1.165) is 5.56 Å². The molecule has 94 valence electrons. The second kappa shape index (κ2) is 4.45. The highest BCUT2D eigenvalue weighted by molar-refractivity contribution is 5.88. The van der Waals surface area contributed by atoms with Crippen molar-refractivity contribution < 1.29 is 4.79 Å². The lowest BCUT2D eigenvalue weighted by Crippen LogP contribution is -2.06. The van der Waals surface area contributed by atoms with E-state index in [2.05, 4.69) is 30.5 Å². The Labute approximate surface area is 108 Å². The number of hydrogen-bond donors (Lipinski definition) is 2. The van der Waals surface area contributed by atoms with Gasteiger partial charge >= 0.3 is 0 Å². The third kappa shape index (κ3) is 2.25. The van der Waals surface area contributed by atoms with E-state index in [1.807, 2.05) is 30.3 Å². The van der Waals surface area contributed by atoms with Gasteiger partial charge in [0.25, 0.3) is 0 Å².